The minimum atomic E-state index is 0.202. The second-order valence-electron chi connectivity index (χ2n) is 4.44. The number of benzene rings is 1. The zero-order valence-electron chi connectivity index (χ0n) is 11.0. The van der Waals surface area contributed by atoms with Crippen molar-refractivity contribution < 1.29 is 0 Å². The lowest BCUT2D eigenvalue weighted by Crippen LogP contribution is -2.22. The van der Waals surface area contributed by atoms with Gasteiger partial charge in [-0.2, -0.15) is 5.10 Å². The number of hydrogen-bond donors (Lipinski definition) is 1. The largest absolute Gasteiger partial charge is 0.356 e. The fourth-order valence-electron chi connectivity index (χ4n) is 1.84. The van der Waals surface area contributed by atoms with Crippen LogP contribution in [0, 0.1) is 0 Å². The van der Waals surface area contributed by atoms with Crippen LogP contribution < -0.4 is 5.32 Å². The first kappa shape index (κ1) is 12.7. The second kappa shape index (κ2) is 5.79. The summed E-state index contributed by atoms with van der Waals surface area (Å²) >= 11 is 1.55. The minimum absolute atomic E-state index is 0.202. The van der Waals surface area contributed by atoms with Gasteiger partial charge in [0, 0.05) is 11.6 Å². The van der Waals surface area contributed by atoms with Crippen LogP contribution in [0.1, 0.15) is 6.92 Å². The molecular formula is C13H14N6S. The molecule has 1 atom stereocenters. The van der Waals surface area contributed by atoms with Crippen molar-refractivity contribution in [2.75, 3.05) is 5.32 Å². The molecule has 0 aliphatic carbocycles. The minimum Gasteiger partial charge on any atom is -0.356 e. The van der Waals surface area contributed by atoms with Gasteiger partial charge in [-0.05, 0) is 6.92 Å². The van der Waals surface area contributed by atoms with E-state index in [1.54, 1.807) is 22.3 Å². The Morgan fingerprint density at radius 1 is 1.25 bits per heavy atom. The van der Waals surface area contributed by atoms with Crippen molar-refractivity contribution in [1.82, 2.24) is 25.0 Å². The van der Waals surface area contributed by atoms with Gasteiger partial charge in [-0.1, -0.05) is 41.7 Å². The average molecular weight is 286 g/mol. The van der Waals surface area contributed by atoms with E-state index in [4.69, 9.17) is 0 Å². The van der Waals surface area contributed by atoms with Crippen LogP contribution in [-0.4, -0.2) is 31.0 Å². The molecule has 7 heteroatoms. The molecule has 3 rings (SSSR count). The highest BCUT2D eigenvalue weighted by Crippen LogP contribution is 2.26. The Bertz CT molecular complexity index is 649. The third-order valence-electron chi connectivity index (χ3n) is 2.74. The number of nitrogens with one attached hydrogen (secondary N) is 1. The first-order chi connectivity index (χ1) is 9.81. The topological polar surface area (TPSA) is 68.5 Å². The summed E-state index contributed by atoms with van der Waals surface area (Å²) < 4.78 is 1.79. The van der Waals surface area contributed by atoms with Crippen molar-refractivity contribution in [1.29, 1.82) is 0 Å². The number of rotatable bonds is 5. The van der Waals surface area contributed by atoms with Gasteiger partial charge in [0.15, 0.2) is 0 Å². The van der Waals surface area contributed by atoms with E-state index in [9.17, 15) is 0 Å². The van der Waals surface area contributed by atoms with E-state index in [1.807, 2.05) is 30.3 Å². The van der Waals surface area contributed by atoms with Gasteiger partial charge in [0.05, 0.1) is 6.54 Å². The Morgan fingerprint density at radius 3 is 2.85 bits per heavy atom. The quantitative estimate of drug-likeness (QED) is 0.779. The lowest BCUT2D eigenvalue weighted by atomic mass is 10.2. The molecule has 0 spiro atoms. The molecule has 2 heterocycles. The summed E-state index contributed by atoms with van der Waals surface area (Å²) in [6, 6.07) is 10.2. The van der Waals surface area contributed by atoms with Crippen LogP contribution in [0.3, 0.4) is 0 Å². The molecule has 0 radical (unpaired) electrons. The summed E-state index contributed by atoms with van der Waals surface area (Å²) in [5, 5.41) is 17.5. The maximum atomic E-state index is 4.21. The fourth-order valence-corrected chi connectivity index (χ4v) is 2.70. The smallest absolute Gasteiger partial charge is 0.206 e. The predicted octanol–water partition coefficient (Wildman–Crippen LogP) is 2.30. The number of hydrogen-bond acceptors (Lipinski definition) is 6. The van der Waals surface area contributed by atoms with Gasteiger partial charge < -0.3 is 5.32 Å². The third kappa shape index (κ3) is 3.00. The molecular weight excluding hydrogens is 272 g/mol. The van der Waals surface area contributed by atoms with Crippen LogP contribution in [0.2, 0.25) is 0 Å². The molecule has 0 saturated heterocycles. The monoisotopic (exact) mass is 286 g/mol. The summed E-state index contributed by atoms with van der Waals surface area (Å²) in [5.41, 5.74) is 1.09. The standard InChI is InChI=1S/C13H14N6S/c1-10(7-19-9-14-8-15-19)16-13-18-17-12(20-13)11-5-3-2-4-6-11/h2-6,8-10H,7H2,1H3,(H,16,18)/t10-/m1/s1. The Kier molecular flexibility index (Phi) is 3.69. The zero-order valence-corrected chi connectivity index (χ0v) is 11.8. The van der Waals surface area contributed by atoms with Gasteiger partial charge in [-0.3, -0.25) is 4.68 Å². The van der Waals surface area contributed by atoms with Gasteiger partial charge in [0.1, 0.15) is 17.7 Å². The molecule has 102 valence electrons. The molecule has 0 amide bonds. The highest BCUT2D eigenvalue weighted by atomic mass is 32.1. The zero-order chi connectivity index (χ0) is 13.8. The fraction of sp³-hybridized carbons (Fsp3) is 0.231. The van der Waals surface area contributed by atoms with E-state index in [1.165, 1.54) is 6.33 Å². The summed E-state index contributed by atoms with van der Waals surface area (Å²) in [5.74, 6) is 0. The molecule has 0 bridgehead atoms. The van der Waals surface area contributed by atoms with Crippen molar-refractivity contribution in [3.63, 3.8) is 0 Å². The average Bonchev–Trinajstić information content (AvgIpc) is 3.11. The lowest BCUT2D eigenvalue weighted by Gasteiger charge is -2.11. The summed E-state index contributed by atoms with van der Waals surface area (Å²) in [6.45, 7) is 2.81. The van der Waals surface area contributed by atoms with Crippen LogP contribution in [-0.2, 0) is 6.54 Å². The molecule has 0 saturated carbocycles. The predicted molar refractivity (Wildman–Crippen MR) is 78.5 cm³/mol. The van der Waals surface area contributed by atoms with Crippen molar-refractivity contribution in [2.45, 2.75) is 19.5 Å². The van der Waals surface area contributed by atoms with Crippen LogP contribution in [0.15, 0.2) is 43.0 Å². The Hall–Kier alpha value is -2.28. The van der Waals surface area contributed by atoms with Gasteiger partial charge in [-0.15, -0.1) is 10.2 Å². The Morgan fingerprint density at radius 2 is 2.10 bits per heavy atom. The van der Waals surface area contributed by atoms with Gasteiger partial charge in [0.2, 0.25) is 5.13 Å². The molecule has 0 unspecified atom stereocenters. The van der Waals surface area contributed by atoms with E-state index in [0.717, 1.165) is 22.2 Å². The van der Waals surface area contributed by atoms with Crippen molar-refractivity contribution >= 4 is 16.5 Å². The third-order valence-corrected chi connectivity index (χ3v) is 3.65. The van der Waals surface area contributed by atoms with Crippen molar-refractivity contribution in [3.8, 4) is 10.6 Å². The summed E-state index contributed by atoms with van der Waals surface area (Å²) in [7, 11) is 0. The van der Waals surface area contributed by atoms with Crippen LogP contribution in [0.25, 0.3) is 10.6 Å². The van der Waals surface area contributed by atoms with Crippen molar-refractivity contribution in [3.05, 3.63) is 43.0 Å². The maximum absolute atomic E-state index is 4.21. The molecule has 1 N–H and O–H groups in total. The Labute approximate surface area is 120 Å². The van der Waals surface area contributed by atoms with E-state index in [-0.39, 0.29) is 6.04 Å². The number of aromatic nitrogens is 5. The maximum Gasteiger partial charge on any atom is 0.206 e. The molecule has 20 heavy (non-hydrogen) atoms. The highest BCUT2D eigenvalue weighted by molar-refractivity contribution is 7.18. The number of anilines is 1. The molecule has 6 nitrogen and oxygen atoms in total. The molecule has 0 fully saturated rings. The van der Waals surface area contributed by atoms with Crippen LogP contribution in [0.5, 0.6) is 0 Å². The summed E-state index contributed by atoms with van der Waals surface area (Å²) in [4.78, 5) is 3.92. The van der Waals surface area contributed by atoms with E-state index in [2.05, 4.69) is 32.5 Å². The molecule has 2 aromatic heterocycles. The van der Waals surface area contributed by atoms with Gasteiger partial charge in [0.25, 0.3) is 0 Å². The van der Waals surface area contributed by atoms with Crippen LogP contribution >= 0.6 is 11.3 Å². The van der Waals surface area contributed by atoms with E-state index in [0.29, 0.717) is 0 Å². The summed E-state index contributed by atoms with van der Waals surface area (Å²) in [6.07, 6.45) is 3.23. The SMILES string of the molecule is C[C@H](Cn1cncn1)Nc1nnc(-c2ccccc2)s1. The van der Waals surface area contributed by atoms with Crippen LogP contribution in [0.4, 0.5) is 5.13 Å². The first-order valence-corrected chi connectivity index (χ1v) is 7.11. The van der Waals surface area contributed by atoms with Gasteiger partial charge in [-0.25, -0.2) is 4.98 Å². The second-order valence-corrected chi connectivity index (χ2v) is 5.42. The van der Waals surface area contributed by atoms with Crippen molar-refractivity contribution in [2.24, 2.45) is 0 Å². The Balaban J connectivity index is 1.65. The van der Waals surface area contributed by atoms with E-state index >= 15 is 0 Å². The molecule has 0 aliphatic rings. The molecule has 0 aliphatic heterocycles. The lowest BCUT2D eigenvalue weighted by molar-refractivity contribution is 0.559. The first-order valence-electron chi connectivity index (χ1n) is 6.29. The van der Waals surface area contributed by atoms with Gasteiger partial charge >= 0.3 is 0 Å². The molecule has 1 aromatic carbocycles. The molecule has 3 aromatic rings. The highest BCUT2D eigenvalue weighted by Gasteiger charge is 2.09. The normalized spacial score (nSPS) is 12.2. The number of nitrogens with zero attached hydrogens (tertiary/aromatic N) is 5. The van der Waals surface area contributed by atoms with E-state index < -0.39 is 0 Å².